The van der Waals surface area contributed by atoms with Crippen molar-refractivity contribution in [3.63, 3.8) is 0 Å². The Morgan fingerprint density at radius 3 is 2.64 bits per heavy atom. The zero-order valence-electron chi connectivity index (χ0n) is 7.50. The van der Waals surface area contributed by atoms with E-state index in [1.807, 2.05) is 11.3 Å². The molecule has 2 unspecified atom stereocenters. The first kappa shape index (κ1) is 8.79. The zero-order chi connectivity index (χ0) is 8.27. The Labute approximate surface area is 73.3 Å². The van der Waals surface area contributed by atoms with Crippen LogP contribution in [-0.2, 0) is 0 Å². The summed E-state index contributed by atoms with van der Waals surface area (Å²) in [5.74, 6) is 1.55. The summed E-state index contributed by atoms with van der Waals surface area (Å²) >= 11 is 1.87. The Bertz CT molecular complexity index is 189. The maximum Gasteiger partial charge on any atom is 0.00760 e. The topological polar surface area (TPSA) is 0 Å². The lowest BCUT2D eigenvalue weighted by Gasteiger charge is -2.15. The standard InChI is InChI=1S/C10H16S/c1-4-8(2)9(3)10-6-5-7-11-10/h5-9H,4H2,1-3H3. The molecule has 0 N–H and O–H groups in total. The van der Waals surface area contributed by atoms with Gasteiger partial charge in [0.1, 0.15) is 0 Å². The van der Waals surface area contributed by atoms with E-state index in [0.717, 1.165) is 11.8 Å². The van der Waals surface area contributed by atoms with Gasteiger partial charge in [-0.3, -0.25) is 0 Å². The van der Waals surface area contributed by atoms with Gasteiger partial charge in [0.05, 0.1) is 0 Å². The van der Waals surface area contributed by atoms with Crippen LogP contribution in [-0.4, -0.2) is 0 Å². The van der Waals surface area contributed by atoms with Crippen molar-refractivity contribution in [2.45, 2.75) is 33.1 Å². The predicted molar refractivity (Wildman–Crippen MR) is 52.2 cm³/mol. The second-order valence-corrected chi connectivity index (χ2v) is 4.17. The van der Waals surface area contributed by atoms with Gasteiger partial charge in [0.15, 0.2) is 0 Å². The number of hydrogen-bond donors (Lipinski definition) is 0. The molecule has 0 nitrogen and oxygen atoms in total. The largest absolute Gasteiger partial charge is 0.149 e. The van der Waals surface area contributed by atoms with E-state index in [1.165, 1.54) is 11.3 Å². The molecule has 0 aliphatic heterocycles. The van der Waals surface area contributed by atoms with E-state index in [1.54, 1.807) is 0 Å². The molecule has 1 heteroatoms. The third kappa shape index (κ3) is 2.06. The molecule has 0 radical (unpaired) electrons. The van der Waals surface area contributed by atoms with E-state index in [4.69, 9.17) is 0 Å². The minimum absolute atomic E-state index is 0.736. The second kappa shape index (κ2) is 3.91. The molecule has 1 aromatic rings. The summed E-state index contributed by atoms with van der Waals surface area (Å²) in [6.07, 6.45) is 1.28. The fraction of sp³-hybridized carbons (Fsp3) is 0.600. The molecule has 0 aromatic carbocycles. The molecule has 1 rings (SSSR count). The van der Waals surface area contributed by atoms with Crippen LogP contribution in [0.1, 0.15) is 38.0 Å². The summed E-state index contributed by atoms with van der Waals surface area (Å²) in [6, 6.07) is 4.38. The highest BCUT2D eigenvalue weighted by molar-refractivity contribution is 7.10. The van der Waals surface area contributed by atoms with Crippen LogP contribution >= 0.6 is 11.3 Å². The molecule has 62 valence electrons. The van der Waals surface area contributed by atoms with Gasteiger partial charge in [-0.2, -0.15) is 0 Å². The van der Waals surface area contributed by atoms with Crippen LogP contribution in [0.3, 0.4) is 0 Å². The van der Waals surface area contributed by atoms with Crippen molar-refractivity contribution >= 4 is 11.3 Å². The Hall–Kier alpha value is -0.300. The molecule has 0 aliphatic rings. The first-order valence-corrected chi connectivity index (χ1v) is 5.17. The van der Waals surface area contributed by atoms with Crippen molar-refractivity contribution < 1.29 is 0 Å². The Balaban J connectivity index is 2.62. The first-order chi connectivity index (χ1) is 5.25. The normalized spacial score (nSPS) is 16.3. The number of rotatable bonds is 3. The summed E-state index contributed by atoms with van der Waals surface area (Å²) in [4.78, 5) is 1.53. The lowest BCUT2D eigenvalue weighted by atomic mass is 9.92. The van der Waals surface area contributed by atoms with Crippen LogP contribution in [0.15, 0.2) is 17.5 Å². The first-order valence-electron chi connectivity index (χ1n) is 4.29. The van der Waals surface area contributed by atoms with Crippen molar-refractivity contribution in [3.05, 3.63) is 22.4 Å². The quantitative estimate of drug-likeness (QED) is 0.642. The van der Waals surface area contributed by atoms with Gasteiger partial charge in [0, 0.05) is 4.88 Å². The molecular formula is C10H16S. The van der Waals surface area contributed by atoms with Gasteiger partial charge in [-0.05, 0) is 23.3 Å². The molecule has 0 saturated carbocycles. The minimum atomic E-state index is 0.736. The third-order valence-electron chi connectivity index (χ3n) is 2.49. The van der Waals surface area contributed by atoms with Gasteiger partial charge >= 0.3 is 0 Å². The highest BCUT2D eigenvalue weighted by Crippen LogP contribution is 2.29. The molecule has 0 bridgehead atoms. The Morgan fingerprint density at radius 1 is 1.45 bits per heavy atom. The van der Waals surface area contributed by atoms with E-state index < -0.39 is 0 Å². The van der Waals surface area contributed by atoms with Crippen molar-refractivity contribution in [1.29, 1.82) is 0 Å². The lowest BCUT2D eigenvalue weighted by molar-refractivity contribution is 0.479. The fourth-order valence-corrected chi connectivity index (χ4v) is 2.10. The molecule has 2 atom stereocenters. The molecule has 11 heavy (non-hydrogen) atoms. The minimum Gasteiger partial charge on any atom is -0.149 e. The van der Waals surface area contributed by atoms with Crippen LogP contribution in [0.5, 0.6) is 0 Å². The Morgan fingerprint density at radius 2 is 2.18 bits per heavy atom. The van der Waals surface area contributed by atoms with E-state index in [9.17, 15) is 0 Å². The van der Waals surface area contributed by atoms with Gasteiger partial charge in [0.2, 0.25) is 0 Å². The van der Waals surface area contributed by atoms with Crippen LogP contribution < -0.4 is 0 Å². The summed E-state index contributed by atoms with van der Waals surface area (Å²) in [7, 11) is 0. The van der Waals surface area contributed by atoms with Crippen LogP contribution in [0.4, 0.5) is 0 Å². The summed E-state index contributed by atoms with van der Waals surface area (Å²) in [5.41, 5.74) is 0. The summed E-state index contributed by atoms with van der Waals surface area (Å²) in [5, 5.41) is 2.16. The second-order valence-electron chi connectivity index (χ2n) is 3.19. The van der Waals surface area contributed by atoms with Gasteiger partial charge in [0.25, 0.3) is 0 Å². The van der Waals surface area contributed by atoms with E-state index in [0.29, 0.717) is 0 Å². The Kier molecular flexibility index (Phi) is 3.13. The molecule has 0 aliphatic carbocycles. The lowest BCUT2D eigenvalue weighted by Crippen LogP contribution is -2.02. The van der Waals surface area contributed by atoms with Gasteiger partial charge in [-0.25, -0.2) is 0 Å². The molecule has 0 saturated heterocycles. The molecule has 1 aromatic heterocycles. The maximum absolute atomic E-state index is 2.32. The van der Waals surface area contributed by atoms with E-state index in [2.05, 4.69) is 38.3 Å². The number of thiophene rings is 1. The average molecular weight is 168 g/mol. The molecular weight excluding hydrogens is 152 g/mol. The van der Waals surface area contributed by atoms with E-state index in [-0.39, 0.29) is 0 Å². The van der Waals surface area contributed by atoms with Crippen molar-refractivity contribution in [2.75, 3.05) is 0 Å². The van der Waals surface area contributed by atoms with Crippen LogP contribution in [0, 0.1) is 5.92 Å². The SMILES string of the molecule is CCC(C)C(C)c1cccs1. The fourth-order valence-electron chi connectivity index (χ4n) is 1.18. The highest BCUT2D eigenvalue weighted by Gasteiger charge is 2.12. The van der Waals surface area contributed by atoms with Crippen molar-refractivity contribution in [3.8, 4) is 0 Å². The summed E-state index contributed by atoms with van der Waals surface area (Å²) in [6.45, 7) is 6.90. The predicted octanol–water partition coefficient (Wildman–Crippen LogP) is 3.90. The smallest absolute Gasteiger partial charge is 0.00760 e. The van der Waals surface area contributed by atoms with E-state index >= 15 is 0 Å². The van der Waals surface area contributed by atoms with Gasteiger partial charge in [-0.1, -0.05) is 33.3 Å². The van der Waals surface area contributed by atoms with Gasteiger partial charge in [-0.15, -0.1) is 11.3 Å². The third-order valence-corrected chi connectivity index (χ3v) is 3.56. The number of hydrogen-bond acceptors (Lipinski definition) is 1. The molecule has 0 fully saturated rings. The van der Waals surface area contributed by atoms with Crippen molar-refractivity contribution in [2.24, 2.45) is 5.92 Å². The maximum atomic E-state index is 2.32. The molecule has 0 amide bonds. The monoisotopic (exact) mass is 168 g/mol. The van der Waals surface area contributed by atoms with Crippen molar-refractivity contribution in [1.82, 2.24) is 0 Å². The molecule has 0 spiro atoms. The van der Waals surface area contributed by atoms with Crippen LogP contribution in [0.2, 0.25) is 0 Å². The van der Waals surface area contributed by atoms with Crippen LogP contribution in [0.25, 0.3) is 0 Å². The molecule has 1 heterocycles. The summed E-state index contributed by atoms with van der Waals surface area (Å²) < 4.78 is 0. The zero-order valence-corrected chi connectivity index (χ0v) is 8.32. The van der Waals surface area contributed by atoms with Gasteiger partial charge < -0.3 is 0 Å². The average Bonchev–Trinajstić information content (AvgIpc) is 2.53. The highest BCUT2D eigenvalue weighted by atomic mass is 32.1.